The smallest absolute Gasteiger partial charge is 0.261 e. The van der Waals surface area contributed by atoms with Crippen LogP contribution in [-0.4, -0.2) is 31.1 Å². The second-order valence-electron chi connectivity index (χ2n) is 6.51. The third-order valence-corrected chi connectivity index (χ3v) is 6.84. The van der Waals surface area contributed by atoms with Crippen molar-refractivity contribution in [1.82, 2.24) is 10.3 Å². The molecule has 1 aliphatic rings. The Hall–Kier alpha value is -2.71. The topological polar surface area (TPSA) is 96.1 Å². The van der Waals surface area contributed by atoms with Crippen molar-refractivity contribution >= 4 is 37.3 Å². The molecule has 1 aromatic carbocycles. The van der Waals surface area contributed by atoms with Crippen LogP contribution >= 0.6 is 11.3 Å². The van der Waals surface area contributed by atoms with Gasteiger partial charge in [-0.1, -0.05) is 29.8 Å². The van der Waals surface area contributed by atoms with Crippen molar-refractivity contribution < 1.29 is 13.2 Å². The summed E-state index contributed by atoms with van der Waals surface area (Å²) < 4.78 is 22.9. The molecule has 0 radical (unpaired) electrons. The van der Waals surface area contributed by atoms with Crippen LogP contribution in [0.15, 0.2) is 52.7 Å². The molecule has 6 nitrogen and oxygen atoms in total. The highest BCUT2D eigenvalue weighted by Gasteiger charge is 2.24. The van der Waals surface area contributed by atoms with E-state index >= 15 is 0 Å². The monoisotopic (exact) mass is 400 g/mol. The summed E-state index contributed by atoms with van der Waals surface area (Å²) in [7, 11) is -3.28. The van der Waals surface area contributed by atoms with Gasteiger partial charge in [0.25, 0.3) is 11.5 Å². The van der Waals surface area contributed by atoms with Crippen LogP contribution in [0.5, 0.6) is 0 Å². The molecule has 0 saturated heterocycles. The maximum atomic E-state index is 12.4. The quantitative estimate of drug-likeness (QED) is 0.706. The van der Waals surface area contributed by atoms with Crippen molar-refractivity contribution in [3.63, 3.8) is 0 Å². The van der Waals surface area contributed by atoms with E-state index in [9.17, 15) is 18.0 Å². The summed E-state index contributed by atoms with van der Waals surface area (Å²) >= 11 is 1.45. The Balaban J connectivity index is 1.66. The lowest BCUT2D eigenvalue weighted by molar-refractivity contribution is 0.0946. The molecule has 1 aliphatic heterocycles. The van der Waals surface area contributed by atoms with Crippen molar-refractivity contribution in [3.05, 3.63) is 69.4 Å². The summed E-state index contributed by atoms with van der Waals surface area (Å²) in [5.41, 5.74) is 1.65. The normalized spacial score (nSPS) is 18.0. The first-order valence-electron chi connectivity index (χ1n) is 8.26. The Bertz CT molecular complexity index is 1250. The van der Waals surface area contributed by atoms with Gasteiger partial charge in [0.2, 0.25) is 0 Å². The largest absolute Gasteiger partial charge is 0.345 e. The van der Waals surface area contributed by atoms with Gasteiger partial charge in [0, 0.05) is 15.7 Å². The number of aromatic amines is 1. The molecule has 4 rings (SSSR count). The lowest BCUT2D eigenvalue weighted by Crippen LogP contribution is -2.38. The molecule has 0 fully saturated rings. The van der Waals surface area contributed by atoms with Gasteiger partial charge in [0.05, 0.1) is 11.8 Å². The van der Waals surface area contributed by atoms with E-state index < -0.39 is 27.3 Å². The van der Waals surface area contributed by atoms with E-state index in [1.807, 2.05) is 31.2 Å². The zero-order chi connectivity index (χ0) is 19.2. The highest BCUT2D eigenvalue weighted by molar-refractivity contribution is 7.94. The fraction of sp³-hybridized carbons (Fsp3) is 0.158. The second kappa shape index (κ2) is 6.47. The molecule has 0 spiro atoms. The van der Waals surface area contributed by atoms with Gasteiger partial charge < -0.3 is 10.3 Å². The molecule has 1 atom stereocenters. The number of pyridine rings is 1. The SMILES string of the molecule is Cc1cccc(-c2cc3cc(C(=O)NC4C=CS(=O)(=O)C4)c(=O)[nH]c3s2)c1. The van der Waals surface area contributed by atoms with Crippen LogP contribution in [0.2, 0.25) is 0 Å². The van der Waals surface area contributed by atoms with Gasteiger partial charge in [-0.05, 0) is 30.7 Å². The predicted molar refractivity (Wildman–Crippen MR) is 107 cm³/mol. The Morgan fingerprint density at radius 2 is 2.07 bits per heavy atom. The maximum Gasteiger partial charge on any atom is 0.261 e. The molecule has 3 heterocycles. The number of hydrogen-bond acceptors (Lipinski definition) is 5. The first-order valence-corrected chi connectivity index (χ1v) is 10.8. The first kappa shape index (κ1) is 17.7. The van der Waals surface area contributed by atoms with Crippen molar-refractivity contribution in [1.29, 1.82) is 0 Å². The van der Waals surface area contributed by atoms with Gasteiger partial charge >= 0.3 is 0 Å². The fourth-order valence-electron chi connectivity index (χ4n) is 3.02. The molecule has 1 unspecified atom stereocenters. The van der Waals surface area contributed by atoms with E-state index in [2.05, 4.69) is 16.4 Å². The highest BCUT2D eigenvalue weighted by Crippen LogP contribution is 2.32. The third-order valence-electron chi connectivity index (χ3n) is 4.33. The van der Waals surface area contributed by atoms with E-state index in [-0.39, 0.29) is 11.3 Å². The molecule has 138 valence electrons. The number of fused-ring (bicyclic) bond motifs is 1. The number of aromatic nitrogens is 1. The zero-order valence-electron chi connectivity index (χ0n) is 14.4. The fourth-order valence-corrected chi connectivity index (χ4v) is 5.29. The Morgan fingerprint density at radius 3 is 2.78 bits per heavy atom. The van der Waals surface area contributed by atoms with Crippen LogP contribution in [0.1, 0.15) is 15.9 Å². The van der Waals surface area contributed by atoms with Crippen molar-refractivity contribution in [2.75, 3.05) is 5.75 Å². The summed E-state index contributed by atoms with van der Waals surface area (Å²) in [6.07, 6.45) is 1.42. The zero-order valence-corrected chi connectivity index (χ0v) is 16.0. The predicted octanol–water partition coefficient (Wildman–Crippen LogP) is 2.61. The van der Waals surface area contributed by atoms with Crippen LogP contribution in [0.25, 0.3) is 20.7 Å². The molecule has 0 aliphatic carbocycles. The molecule has 8 heteroatoms. The number of sulfone groups is 1. The number of aryl methyl sites for hydroxylation is 1. The minimum Gasteiger partial charge on any atom is -0.345 e. The van der Waals surface area contributed by atoms with Gasteiger partial charge in [-0.25, -0.2) is 8.42 Å². The van der Waals surface area contributed by atoms with Crippen LogP contribution in [-0.2, 0) is 9.84 Å². The lowest BCUT2D eigenvalue weighted by atomic mass is 10.1. The number of hydrogen-bond donors (Lipinski definition) is 2. The molecule has 1 amide bonds. The Kier molecular flexibility index (Phi) is 4.24. The van der Waals surface area contributed by atoms with Gasteiger partial charge in [0.15, 0.2) is 9.84 Å². The lowest BCUT2D eigenvalue weighted by Gasteiger charge is -2.09. The Morgan fingerprint density at radius 1 is 1.26 bits per heavy atom. The van der Waals surface area contributed by atoms with E-state index in [0.29, 0.717) is 4.83 Å². The number of thiophene rings is 1. The number of H-pyrrole nitrogens is 1. The van der Waals surface area contributed by atoms with Crippen molar-refractivity contribution in [2.24, 2.45) is 0 Å². The summed E-state index contributed by atoms with van der Waals surface area (Å²) in [6.45, 7) is 2.01. The summed E-state index contributed by atoms with van der Waals surface area (Å²) in [5, 5.41) is 4.42. The van der Waals surface area contributed by atoms with E-state index in [1.165, 1.54) is 17.4 Å². The second-order valence-corrected chi connectivity index (χ2v) is 9.50. The molecule has 0 bridgehead atoms. The number of carbonyl (C=O) groups excluding carboxylic acids is 1. The van der Waals surface area contributed by atoms with E-state index in [4.69, 9.17) is 0 Å². The molecule has 3 aromatic rings. The number of amides is 1. The summed E-state index contributed by atoms with van der Waals surface area (Å²) in [6, 6.07) is 10.9. The summed E-state index contributed by atoms with van der Waals surface area (Å²) in [4.78, 5) is 29.2. The van der Waals surface area contributed by atoms with Crippen LogP contribution in [0.4, 0.5) is 0 Å². The van der Waals surface area contributed by atoms with Crippen LogP contribution in [0, 0.1) is 6.92 Å². The number of carbonyl (C=O) groups is 1. The standard InChI is InChI=1S/C19H16N2O4S2/c1-11-3-2-4-12(7-11)16-9-13-8-15(18(23)21-19(13)26-16)17(22)20-14-5-6-27(24,25)10-14/h2-9,14H,10H2,1H3,(H,20,22)(H,21,23). The van der Waals surface area contributed by atoms with Crippen molar-refractivity contribution in [2.45, 2.75) is 13.0 Å². The van der Waals surface area contributed by atoms with Crippen molar-refractivity contribution in [3.8, 4) is 10.4 Å². The number of nitrogens with one attached hydrogen (secondary N) is 2. The first-order chi connectivity index (χ1) is 12.8. The molecular formula is C19H16N2O4S2. The van der Waals surface area contributed by atoms with Gasteiger partial charge in [-0.2, -0.15) is 0 Å². The van der Waals surface area contributed by atoms with Crippen LogP contribution in [0.3, 0.4) is 0 Å². The van der Waals surface area contributed by atoms with Crippen LogP contribution < -0.4 is 10.9 Å². The third kappa shape index (κ3) is 3.58. The minimum atomic E-state index is -3.28. The van der Waals surface area contributed by atoms with Gasteiger partial charge in [-0.3, -0.25) is 9.59 Å². The molecular weight excluding hydrogens is 384 g/mol. The highest BCUT2D eigenvalue weighted by atomic mass is 32.2. The minimum absolute atomic E-state index is 0.0335. The molecule has 2 aromatic heterocycles. The molecule has 2 N–H and O–H groups in total. The van der Waals surface area contributed by atoms with E-state index in [0.717, 1.165) is 26.8 Å². The molecule has 0 saturated carbocycles. The average Bonchev–Trinajstić information content (AvgIpc) is 3.16. The molecule has 27 heavy (non-hydrogen) atoms. The van der Waals surface area contributed by atoms with Gasteiger partial charge in [0.1, 0.15) is 10.4 Å². The average molecular weight is 400 g/mol. The number of benzene rings is 1. The number of rotatable bonds is 3. The van der Waals surface area contributed by atoms with Gasteiger partial charge in [-0.15, -0.1) is 11.3 Å². The Labute approximate surface area is 159 Å². The van der Waals surface area contributed by atoms with E-state index in [1.54, 1.807) is 6.07 Å². The maximum absolute atomic E-state index is 12.4. The summed E-state index contributed by atoms with van der Waals surface area (Å²) in [5.74, 6) is -0.775.